The number of nitrogens with one attached hydrogen (secondary N) is 3. The maximum absolute atomic E-state index is 11.8. The number of rotatable bonds is 4. The van der Waals surface area contributed by atoms with E-state index < -0.39 is 0 Å². The zero-order chi connectivity index (χ0) is 13.0. The molecule has 5 heteroatoms. The van der Waals surface area contributed by atoms with Crippen molar-refractivity contribution in [2.45, 2.75) is 33.1 Å². The standard InChI is InChI=1S/C13H22N4O/c1-3-11-9(2)16-13(17-12(11)18)15-8-10-5-4-6-14-7-10/h10,14H,3-8H2,1-2H3,(H2,15,16,17,18)/t10-/m0/s1. The molecule has 3 N–H and O–H groups in total. The van der Waals surface area contributed by atoms with Gasteiger partial charge in [-0.2, -0.15) is 0 Å². The van der Waals surface area contributed by atoms with Gasteiger partial charge in [0.1, 0.15) is 0 Å². The van der Waals surface area contributed by atoms with Crippen LogP contribution in [-0.4, -0.2) is 29.6 Å². The summed E-state index contributed by atoms with van der Waals surface area (Å²) in [5.41, 5.74) is 1.58. The number of aromatic nitrogens is 2. The van der Waals surface area contributed by atoms with Gasteiger partial charge < -0.3 is 10.6 Å². The Hall–Kier alpha value is -1.36. The highest BCUT2D eigenvalue weighted by atomic mass is 16.1. The Labute approximate surface area is 107 Å². The molecule has 100 valence electrons. The highest BCUT2D eigenvalue weighted by Gasteiger charge is 2.13. The topological polar surface area (TPSA) is 69.8 Å². The minimum Gasteiger partial charge on any atom is -0.355 e. The first-order valence-electron chi connectivity index (χ1n) is 6.75. The molecule has 2 heterocycles. The van der Waals surface area contributed by atoms with Crippen molar-refractivity contribution >= 4 is 5.95 Å². The molecule has 1 aliphatic rings. The van der Waals surface area contributed by atoms with Crippen LogP contribution in [0.2, 0.25) is 0 Å². The minimum atomic E-state index is -0.0192. The number of piperidine rings is 1. The maximum Gasteiger partial charge on any atom is 0.255 e. The van der Waals surface area contributed by atoms with Gasteiger partial charge in [0.2, 0.25) is 5.95 Å². The number of aryl methyl sites for hydroxylation is 1. The second kappa shape index (κ2) is 6.00. The van der Waals surface area contributed by atoms with Gasteiger partial charge in [0.05, 0.1) is 0 Å². The van der Waals surface area contributed by atoms with Crippen LogP contribution in [0.25, 0.3) is 0 Å². The molecule has 0 bridgehead atoms. The first-order chi connectivity index (χ1) is 8.70. The highest BCUT2D eigenvalue weighted by Crippen LogP contribution is 2.10. The van der Waals surface area contributed by atoms with Gasteiger partial charge >= 0.3 is 0 Å². The van der Waals surface area contributed by atoms with Crippen molar-refractivity contribution in [2.75, 3.05) is 25.0 Å². The predicted molar refractivity (Wildman–Crippen MR) is 73.1 cm³/mol. The number of anilines is 1. The fourth-order valence-corrected chi connectivity index (χ4v) is 2.45. The molecule has 18 heavy (non-hydrogen) atoms. The van der Waals surface area contributed by atoms with E-state index in [2.05, 4.69) is 20.6 Å². The summed E-state index contributed by atoms with van der Waals surface area (Å²) >= 11 is 0. The Balaban J connectivity index is 1.99. The summed E-state index contributed by atoms with van der Waals surface area (Å²) < 4.78 is 0. The summed E-state index contributed by atoms with van der Waals surface area (Å²) in [5, 5.41) is 6.62. The smallest absolute Gasteiger partial charge is 0.255 e. The Bertz CT molecular complexity index is 449. The second-order valence-electron chi connectivity index (χ2n) is 4.93. The molecule has 1 saturated heterocycles. The quantitative estimate of drug-likeness (QED) is 0.747. The number of nitrogens with zero attached hydrogens (tertiary/aromatic N) is 1. The van der Waals surface area contributed by atoms with Crippen molar-refractivity contribution < 1.29 is 0 Å². The zero-order valence-electron chi connectivity index (χ0n) is 11.2. The molecule has 1 aromatic rings. The number of hydrogen-bond donors (Lipinski definition) is 3. The van der Waals surface area contributed by atoms with Gasteiger partial charge in [0, 0.05) is 17.8 Å². The Morgan fingerprint density at radius 2 is 2.33 bits per heavy atom. The molecule has 1 aliphatic heterocycles. The normalized spacial score (nSPS) is 19.8. The van der Waals surface area contributed by atoms with Crippen LogP contribution in [0.1, 0.15) is 31.0 Å². The van der Waals surface area contributed by atoms with Crippen LogP contribution in [-0.2, 0) is 6.42 Å². The predicted octanol–water partition coefficient (Wildman–Crippen LogP) is 1.05. The van der Waals surface area contributed by atoms with Gasteiger partial charge in [-0.15, -0.1) is 0 Å². The summed E-state index contributed by atoms with van der Waals surface area (Å²) in [7, 11) is 0. The largest absolute Gasteiger partial charge is 0.355 e. The summed E-state index contributed by atoms with van der Waals surface area (Å²) in [4.78, 5) is 19.0. The molecule has 1 fully saturated rings. The summed E-state index contributed by atoms with van der Waals surface area (Å²) in [6.45, 7) is 6.89. The molecule has 0 aromatic carbocycles. The number of H-pyrrole nitrogens is 1. The highest BCUT2D eigenvalue weighted by molar-refractivity contribution is 5.29. The fourth-order valence-electron chi connectivity index (χ4n) is 2.45. The van der Waals surface area contributed by atoms with Gasteiger partial charge in [-0.25, -0.2) is 4.98 Å². The zero-order valence-corrected chi connectivity index (χ0v) is 11.2. The minimum absolute atomic E-state index is 0.0192. The lowest BCUT2D eigenvalue weighted by Crippen LogP contribution is -2.34. The van der Waals surface area contributed by atoms with E-state index in [0.29, 0.717) is 11.9 Å². The number of aromatic amines is 1. The monoisotopic (exact) mass is 250 g/mol. The first kappa shape index (κ1) is 13.1. The van der Waals surface area contributed by atoms with Gasteiger partial charge in [0.25, 0.3) is 5.56 Å². The molecule has 0 unspecified atom stereocenters. The molecule has 1 aromatic heterocycles. The van der Waals surface area contributed by atoms with Crippen LogP contribution in [0.4, 0.5) is 5.95 Å². The molecular weight excluding hydrogens is 228 g/mol. The van der Waals surface area contributed by atoms with Crippen molar-refractivity contribution in [3.63, 3.8) is 0 Å². The van der Waals surface area contributed by atoms with E-state index >= 15 is 0 Å². The Kier molecular flexibility index (Phi) is 4.36. The molecule has 0 saturated carbocycles. The van der Waals surface area contributed by atoms with E-state index in [9.17, 15) is 4.79 Å². The lowest BCUT2D eigenvalue weighted by atomic mass is 10.00. The van der Waals surface area contributed by atoms with Crippen molar-refractivity contribution in [3.05, 3.63) is 21.6 Å². The third-order valence-electron chi connectivity index (χ3n) is 3.53. The van der Waals surface area contributed by atoms with Crippen LogP contribution in [0.3, 0.4) is 0 Å². The van der Waals surface area contributed by atoms with Crippen molar-refractivity contribution in [2.24, 2.45) is 5.92 Å². The number of hydrogen-bond acceptors (Lipinski definition) is 4. The summed E-state index contributed by atoms with van der Waals surface area (Å²) in [6.07, 6.45) is 3.18. The van der Waals surface area contributed by atoms with E-state index in [1.807, 2.05) is 13.8 Å². The Morgan fingerprint density at radius 3 is 2.94 bits per heavy atom. The van der Waals surface area contributed by atoms with Crippen molar-refractivity contribution in [3.8, 4) is 0 Å². The van der Waals surface area contributed by atoms with Crippen LogP contribution >= 0.6 is 0 Å². The molecule has 2 rings (SSSR count). The second-order valence-corrected chi connectivity index (χ2v) is 4.93. The van der Waals surface area contributed by atoms with Crippen LogP contribution in [0, 0.1) is 12.8 Å². The molecule has 0 amide bonds. The summed E-state index contributed by atoms with van der Waals surface area (Å²) in [6, 6.07) is 0. The van der Waals surface area contributed by atoms with E-state index in [4.69, 9.17) is 0 Å². The van der Waals surface area contributed by atoms with Gasteiger partial charge in [-0.1, -0.05) is 6.92 Å². The SMILES string of the molecule is CCc1c(C)nc(NC[C@H]2CCCNC2)[nH]c1=O. The van der Waals surface area contributed by atoms with Crippen LogP contribution < -0.4 is 16.2 Å². The molecule has 0 aliphatic carbocycles. The van der Waals surface area contributed by atoms with E-state index in [-0.39, 0.29) is 5.56 Å². The molecule has 0 radical (unpaired) electrons. The third-order valence-corrected chi connectivity index (χ3v) is 3.53. The van der Waals surface area contributed by atoms with Crippen molar-refractivity contribution in [1.29, 1.82) is 0 Å². The lowest BCUT2D eigenvalue weighted by Gasteiger charge is -2.23. The van der Waals surface area contributed by atoms with Gasteiger partial charge in [0.15, 0.2) is 0 Å². The molecule has 5 nitrogen and oxygen atoms in total. The van der Waals surface area contributed by atoms with E-state index in [1.54, 1.807) is 0 Å². The van der Waals surface area contributed by atoms with Gasteiger partial charge in [-0.3, -0.25) is 9.78 Å². The Morgan fingerprint density at radius 1 is 1.50 bits per heavy atom. The van der Waals surface area contributed by atoms with Crippen LogP contribution in [0.5, 0.6) is 0 Å². The molecule has 1 atom stereocenters. The average Bonchev–Trinajstić information content (AvgIpc) is 2.37. The summed E-state index contributed by atoms with van der Waals surface area (Å²) in [5.74, 6) is 1.22. The van der Waals surface area contributed by atoms with Crippen LogP contribution in [0.15, 0.2) is 4.79 Å². The third kappa shape index (κ3) is 3.10. The fraction of sp³-hybridized carbons (Fsp3) is 0.692. The van der Waals surface area contributed by atoms with E-state index in [1.165, 1.54) is 12.8 Å². The maximum atomic E-state index is 11.8. The lowest BCUT2D eigenvalue weighted by molar-refractivity contribution is 0.392. The molecular formula is C13H22N4O. The molecule has 0 spiro atoms. The first-order valence-corrected chi connectivity index (χ1v) is 6.75. The van der Waals surface area contributed by atoms with Gasteiger partial charge in [-0.05, 0) is 45.2 Å². The average molecular weight is 250 g/mol. The van der Waals surface area contributed by atoms with Crippen molar-refractivity contribution in [1.82, 2.24) is 15.3 Å². The van der Waals surface area contributed by atoms with E-state index in [0.717, 1.165) is 37.3 Å².